The van der Waals surface area contributed by atoms with Crippen molar-refractivity contribution in [2.45, 2.75) is 26.6 Å². The van der Waals surface area contributed by atoms with Crippen molar-refractivity contribution in [2.75, 3.05) is 0 Å². The van der Waals surface area contributed by atoms with Crippen molar-refractivity contribution < 1.29 is 22.1 Å². The highest BCUT2D eigenvalue weighted by Crippen LogP contribution is 2.39. The first-order valence-corrected chi connectivity index (χ1v) is 6.30. The summed E-state index contributed by atoms with van der Waals surface area (Å²) in [6.45, 7) is 3.78. The molecule has 0 fully saturated rings. The maximum atomic E-state index is 13.0. The molecule has 3 heterocycles. The Labute approximate surface area is 121 Å². The van der Waals surface area contributed by atoms with E-state index in [-0.39, 0.29) is 28.7 Å². The number of aryl methyl sites for hydroxylation is 2. The Hall–Kier alpha value is -2.65. The third-order valence-corrected chi connectivity index (χ3v) is 2.97. The Morgan fingerprint density at radius 1 is 1.32 bits per heavy atom. The molecule has 0 unspecified atom stereocenters. The minimum atomic E-state index is -4.57. The average Bonchev–Trinajstić information content (AvgIpc) is 3.15. The number of rotatable bonds is 3. The maximum Gasteiger partial charge on any atom is 0.420 e. The number of aromatic nitrogens is 5. The Kier molecular flexibility index (Phi) is 3.23. The molecule has 3 rings (SSSR count). The second kappa shape index (κ2) is 4.97. The van der Waals surface area contributed by atoms with Gasteiger partial charge in [0.15, 0.2) is 5.69 Å². The van der Waals surface area contributed by atoms with Crippen LogP contribution in [0.4, 0.5) is 13.2 Å². The predicted octanol–water partition coefficient (Wildman–Crippen LogP) is 2.94. The van der Waals surface area contributed by atoms with Gasteiger partial charge in [0.05, 0.1) is 18.3 Å². The lowest BCUT2D eigenvalue weighted by Crippen LogP contribution is -2.05. The molecule has 0 N–H and O–H groups in total. The lowest BCUT2D eigenvalue weighted by Gasteiger charge is -2.04. The first kappa shape index (κ1) is 14.3. The molecule has 0 saturated heterocycles. The van der Waals surface area contributed by atoms with Crippen molar-refractivity contribution >= 4 is 0 Å². The van der Waals surface area contributed by atoms with E-state index in [0.29, 0.717) is 12.8 Å². The third kappa shape index (κ3) is 2.36. The fourth-order valence-electron chi connectivity index (χ4n) is 1.92. The summed E-state index contributed by atoms with van der Waals surface area (Å²) in [6.07, 6.45) is -2.54. The van der Waals surface area contributed by atoms with Crippen molar-refractivity contribution in [2.24, 2.45) is 0 Å². The van der Waals surface area contributed by atoms with Gasteiger partial charge in [0, 0.05) is 0 Å². The molecular weight excluding hydrogens is 303 g/mol. The highest BCUT2D eigenvalue weighted by molar-refractivity contribution is 5.64. The monoisotopic (exact) mass is 313 g/mol. The highest BCUT2D eigenvalue weighted by atomic mass is 19.4. The van der Waals surface area contributed by atoms with Gasteiger partial charge in [0.2, 0.25) is 5.82 Å². The van der Waals surface area contributed by atoms with E-state index >= 15 is 0 Å². The van der Waals surface area contributed by atoms with Crippen molar-refractivity contribution in [3.8, 4) is 23.0 Å². The molecule has 0 aliphatic rings. The number of hydrogen-bond acceptors (Lipinski definition) is 6. The second-order valence-electron chi connectivity index (χ2n) is 4.42. The molecule has 0 saturated carbocycles. The molecule has 0 radical (unpaired) electrons. The summed E-state index contributed by atoms with van der Waals surface area (Å²) in [5, 5.41) is 11.6. The molecule has 3 aromatic heterocycles. The van der Waals surface area contributed by atoms with Crippen LogP contribution < -0.4 is 0 Å². The van der Waals surface area contributed by atoms with Crippen LogP contribution in [0.15, 0.2) is 21.4 Å². The molecule has 0 amide bonds. The van der Waals surface area contributed by atoms with E-state index < -0.39 is 11.7 Å². The van der Waals surface area contributed by atoms with Crippen LogP contribution in [0.3, 0.4) is 0 Å². The fraction of sp³-hybridized carbons (Fsp3) is 0.333. The molecule has 3 aromatic rings. The number of alkyl halides is 3. The smallest absolute Gasteiger partial charge is 0.420 e. The van der Waals surface area contributed by atoms with Gasteiger partial charge in [-0.25, -0.2) is 0 Å². The minimum Gasteiger partial charge on any atom is -0.468 e. The fourth-order valence-corrected chi connectivity index (χ4v) is 1.92. The van der Waals surface area contributed by atoms with Crippen LogP contribution >= 0.6 is 0 Å². The van der Waals surface area contributed by atoms with Crippen LogP contribution in [0.1, 0.15) is 18.2 Å². The normalized spacial score (nSPS) is 12.0. The molecule has 0 aliphatic carbocycles. The van der Waals surface area contributed by atoms with E-state index in [4.69, 9.17) is 8.94 Å². The quantitative estimate of drug-likeness (QED) is 0.739. The van der Waals surface area contributed by atoms with E-state index in [0.717, 1.165) is 0 Å². The molecule has 0 aliphatic heterocycles. The van der Waals surface area contributed by atoms with Crippen LogP contribution in [-0.4, -0.2) is 25.1 Å². The van der Waals surface area contributed by atoms with E-state index in [1.165, 1.54) is 17.9 Å². The minimum absolute atomic E-state index is 0.0107. The predicted molar refractivity (Wildman–Crippen MR) is 66.4 cm³/mol. The number of furan rings is 1. The molecule has 10 heteroatoms. The van der Waals surface area contributed by atoms with Crippen LogP contribution in [0.5, 0.6) is 0 Å². The standard InChI is InChI=1S/C12H10F3N5O2/c1-3-20-16-4-8(18-20)11-17-10(19-22-11)9-6(2)21-5-7(9)12(13,14)15/h4-5H,3H2,1-2H3. The molecule has 0 aromatic carbocycles. The Bertz CT molecular complexity index is 802. The van der Waals surface area contributed by atoms with E-state index in [2.05, 4.69) is 20.3 Å². The first-order valence-electron chi connectivity index (χ1n) is 6.30. The van der Waals surface area contributed by atoms with Crippen LogP contribution in [-0.2, 0) is 12.7 Å². The Morgan fingerprint density at radius 2 is 2.09 bits per heavy atom. The lowest BCUT2D eigenvalue weighted by atomic mass is 10.1. The second-order valence-corrected chi connectivity index (χ2v) is 4.42. The third-order valence-electron chi connectivity index (χ3n) is 2.97. The van der Waals surface area contributed by atoms with Crippen LogP contribution in [0.25, 0.3) is 23.0 Å². The van der Waals surface area contributed by atoms with Gasteiger partial charge in [-0.15, -0.1) is 5.10 Å². The Balaban J connectivity index is 2.03. The molecule has 7 nitrogen and oxygen atoms in total. The lowest BCUT2D eigenvalue weighted by molar-refractivity contribution is -0.137. The van der Waals surface area contributed by atoms with Crippen LogP contribution in [0, 0.1) is 6.92 Å². The molecule has 116 valence electrons. The molecule has 22 heavy (non-hydrogen) atoms. The van der Waals surface area contributed by atoms with Crippen molar-refractivity contribution in [1.29, 1.82) is 0 Å². The summed E-state index contributed by atoms with van der Waals surface area (Å²) in [7, 11) is 0. The first-order chi connectivity index (χ1) is 10.4. The van der Waals surface area contributed by atoms with Gasteiger partial charge in [-0.3, -0.25) is 0 Å². The van der Waals surface area contributed by atoms with Gasteiger partial charge in [-0.05, 0) is 13.8 Å². The molecule has 0 bridgehead atoms. The average molecular weight is 313 g/mol. The van der Waals surface area contributed by atoms with Gasteiger partial charge >= 0.3 is 6.18 Å². The molecular formula is C12H10F3N5O2. The number of halogens is 3. The van der Waals surface area contributed by atoms with Crippen molar-refractivity contribution in [3.05, 3.63) is 23.8 Å². The summed E-state index contributed by atoms with van der Waals surface area (Å²) in [6, 6.07) is 0. The van der Waals surface area contributed by atoms with Gasteiger partial charge < -0.3 is 8.94 Å². The van der Waals surface area contributed by atoms with Crippen molar-refractivity contribution in [3.63, 3.8) is 0 Å². The Morgan fingerprint density at radius 3 is 2.73 bits per heavy atom. The van der Waals surface area contributed by atoms with Gasteiger partial charge in [0.1, 0.15) is 17.6 Å². The summed E-state index contributed by atoms with van der Waals surface area (Å²) in [4.78, 5) is 5.34. The topological polar surface area (TPSA) is 82.8 Å². The largest absolute Gasteiger partial charge is 0.468 e. The van der Waals surface area contributed by atoms with E-state index in [1.807, 2.05) is 6.92 Å². The maximum absolute atomic E-state index is 13.0. The van der Waals surface area contributed by atoms with E-state index in [9.17, 15) is 13.2 Å². The summed E-state index contributed by atoms with van der Waals surface area (Å²) in [5.41, 5.74) is -0.907. The van der Waals surface area contributed by atoms with Gasteiger partial charge in [-0.1, -0.05) is 5.16 Å². The zero-order valence-electron chi connectivity index (χ0n) is 11.5. The van der Waals surface area contributed by atoms with Gasteiger partial charge in [-0.2, -0.15) is 28.1 Å². The summed E-state index contributed by atoms with van der Waals surface area (Å²) in [5.74, 6) is -0.167. The summed E-state index contributed by atoms with van der Waals surface area (Å²) < 4.78 is 48.7. The zero-order valence-corrected chi connectivity index (χ0v) is 11.5. The summed E-state index contributed by atoms with van der Waals surface area (Å²) >= 11 is 0. The highest BCUT2D eigenvalue weighted by Gasteiger charge is 2.38. The SMILES string of the molecule is CCn1ncc(-c2nc(-c3c(C(F)(F)F)coc3C)no2)n1. The zero-order chi connectivity index (χ0) is 15.9. The van der Waals surface area contributed by atoms with E-state index in [1.54, 1.807) is 0 Å². The number of nitrogens with zero attached hydrogens (tertiary/aromatic N) is 5. The molecule has 0 spiro atoms. The van der Waals surface area contributed by atoms with Crippen LogP contribution in [0.2, 0.25) is 0 Å². The number of hydrogen-bond donors (Lipinski definition) is 0. The molecule has 0 atom stereocenters. The van der Waals surface area contributed by atoms with Crippen molar-refractivity contribution in [1.82, 2.24) is 25.1 Å². The van der Waals surface area contributed by atoms with Gasteiger partial charge in [0.25, 0.3) is 5.89 Å².